The van der Waals surface area contributed by atoms with Crippen LogP contribution in [0, 0.1) is 11.8 Å². The normalized spacial score (nSPS) is 12.1. The maximum absolute atomic E-state index is 12.6. The maximum Gasteiger partial charge on any atom is 0.306 e. The van der Waals surface area contributed by atoms with Crippen molar-refractivity contribution >= 4 is 17.9 Å². The molecule has 0 bridgehead atoms. The van der Waals surface area contributed by atoms with E-state index in [4.69, 9.17) is 14.2 Å². The molecule has 0 aromatic heterocycles. The fraction of sp³-hybridized carbons (Fsp3) is 0.929. The lowest BCUT2D eigenvalue weighted by molar-refractivity contribution is -0.167. The van der Waals surface area contributed by atoms with E-state index < -0.39 is 6.10 Å². The highest BCUT2D eigenvalue weighted by atomic mass is 16.6. The summed E-state index contributed by atoms with van der Waals surface area (Å²) < 4.78 is 16.6. The minimum atomic E-state index is -0.760. The van der Waals surface area contributed by atoms with Gasteiger partial charge in [-0.05, 0) is 31.1 Å². The predicted octanol–water partition coefficient (Wildman–Crippen LogP) is 12.6. The van der Waals surface area contributed by atoms with Crippen LogP contribution in [-0.4, -0.2) is 37.2 Å². The molecule has 0 saturated carbocycles. The zero-order chi connectivity index (χ0) is 35.5. The Balaban J connectivity index is 4.35. The van der Waals surface area contributed by atoms with E-state index in [2.05, 4.69) is 34.6 Å². The average molecular weight is 681 g/mol. The summed E-state index contributed by atoms with van der Waals surface area (Å²) in [5, 5.41) is 0. The lowest BCUT2D eigenvalue weighted by Gasteiger charge is -2.18. The monoisotopic (exact) mass is 681 g/mol. The highest BCUT2D eigenvalue weighted by Crippen LogP contribution is 2.15. The predicted molar refractivity (Wildman–Crippen MR) is 201 cm³/mol. The van der Waals surface area contributed by atoms with E-state index >= 15 is 0 Å². The lowest BCUT2D eigenvalue weighted by atomic mass is 10.0. The molecule has 0 aliphatic heterocycles. The van der Waals surface area contributed by atoms with E-state index in [-0.39, 0.29) is 31.1 Å². The van der Waals surface area contributed by atoms with Crippen LogP contribution in [0.1, 0.15) is 221 Å². The molecule has 0 heterocycles. The first-order valence-corrected chi connectivity index (χ1v) is 20.7. The third-order valence-corrected chi connectivity index (χ3v) is 9.22. The molecular formula is C42H80O6. The lowest BCUT2D eigenvalue weighted by Crippen LogP contribution is -2.30. The Bertz CT molecular complexity index is 734. The zero-order valence-corrected chi connectivity index (χ0v) is 32.6. The van der Waals surface area contributed by atoms with Gasteiger partial charge < -0.3 is 14.2 Å². The Morgan fingerprint density at radius 2 is 0.688 bits per heavy atom. The molecule has 0 aliphatic rings. The van der Waals surface area contributed by atoms with Crippen LogP contribution in [0.15, 0.2) is 0 Å². The molecular weight excluding hydrogens is 600 g/mol. The highest BCUT2D eigenvalue weighted by Gasteiger charge is 2.19. The van der Waals surface area contributed by atoms with Gasteiger partial charge in [0.2, 0.25) is 0 Å². The first-order valence-electron chi connectivity index (χ1n) is 20.7. The zero-order valence-electron chi connectivity index (χ0n) is 32.6. The Hall–Kier alpha value is -1.59. The Morgan fingerprint density at radius 3 is 1.02 bits per heavy atom. The van der Waals surface area contributed by atoms with Crippen molar-refractivity contribution in [2.24, 2.45) is 11.8 Å². The second-order valence-corrected chi connectivity index (χ2v) is 15.2. The second-order valence-electron chi connectivity index (χ2n) is 15.2. The molecule has 0 aliphatic carbocycles. The van der Waals surface area contributed by atoms with Crippen LogP contribution in [-0.2, 0) is 28.6 Å². The van der Waals surface area contributed by atoms with Gasteiger partial charge >= 0.3 is 17.9 Å². The van der Waals surface area contributed by atoms with Crippen molar-refractivity contribution in [3.63, 3.8) is 0 Å². The quantitative estimate of drug-likeness (QED) is 0.0372. The minimum Gasteiger partial charge on any atom is -0.462 e. The molecule has 0 unspecified atom stereocenters. The van der Waals surface area contributed by atoms with Crippen LogP contribution < -0.4 is 0 Å². The van der Waals surface area contributed by atoms with Crippen molar-refractivity contribution in [1.82, 2.24) is 0 Å². The molecule has 0 N–H and O–H groups in total. The summed E-state index contributed by atoms with van der Waals surface area (Å²) >= 11 is 0. The van der Waals surface area contributed by atoms with Gasteiger partial charge in [-0.25, -0.2) is 0 Å². The third kappa shape index (κ3) is 35.7. The van der Waals surface area contributed by atoms with Gasteiger partial charge in [0.1, 0.15) is 13.2 Å². The summed E-state index contributed by atoms with van der Waals surface area (Å²) in [6.07, 6.45) is 31.1. The SMILES string of the molecule is CCCCCCCCCCCCCC(=O)OC[C@H](COC(=O)CCCCCCCCC(C)C)OC(=O)CCCCCCCCCC(C)C. The Kier molecular flexibility index (Phi) is 34.1. The molecule has 0 rings (SSSR count). The van der Waals surface area contributed by atoms with Crippen LogP contribution in [0.2, 0.25) is 0 Å². The maximum atomic E-state index is 12.6. The van der Waals surface area contributed by atoms with E-state index in [1.807, 2.05) is 0 Å². The van der Waals surface area contributed by atoms with Crippen LogP contribution in [0.4, 0.5) is 0 Å². The number of hydrogen-bond donors (Lipinski definition) is 0. The van der Waals surface area contributed by atoms with Gasteiger partial charge in [0.05, 0.1) is 0 Å². The minimum absolute atomic E-state index is 0.0668. The van der Waals surface area contributed by atoms with Crippen LogP contribution in [0.3, 0.4) is 0 Å². The van der Waals surface area contributed by atoms with Crippen molar-refractivity contribution in [2.75, 3.05) is 13.2 Å². The van der Waals surface area contributed by atoms with Gasteiger partial charge in [-0.1, -0.05) is 182 Å². The standard InChI is InChI=1S/C42H80O6/c1-6-7-8-9-10-11-12-13-16-22-27-32-40(43)46-35-39(36-47-41(44)33-28-23-19-18-21-26-31-38(4)5)48-42(45)34-29-24-17-14-15-20-25-30-37(2)3/h37-39H,6-36H2,1-5H3/t39-/m1/s1. The third-order valence-electron chi connectivity index (χ3n) is 9.22. The summed E-state index contributed by atoms with van der Waals surface area (Å²) in [6.45, 7) is 11.2. The fourth-order valence-electron chi connectivity index (χ4n) is 6.05. The number of carbonyl (C=O) groups is 3. The van der Waals surface area contributed by atoms with Crippen molar-refractivity contribution in [3.05, 3.63) is 0 Å². The first kappa shape index (κ1) is 46.4. The van der Waals surface area contributed by atoms with Gasteiger partial charge in [0.25, 0.3) is 0 Å². The van der Waals surface area contributed by atoms with Crippen molar-refractivity contribution in [1.29, 1.82) is 0 Å². The molecule has 0 fully saturated rings. The number of rotatable bonds is 36. The van der Waals surface area contributed by atoms with Crippen LogP contribution >= 0.6 is 0 Å². The molecule has 0 radical (unpaired) electrons. The van der Waals surface area contributed by atoms with Crippen molar-refractivity contribution < 1.29 is 28.6 Å². The topological polar surface area (TPSA) is 78.9 Å². The van der Waals surface area contributed by atoms with E-state index in [1.165, 1.54) is 109 Å². The van der Waals surface area contributed by atoms with Crippen LogP contribution in [0.25, 0.3) is 0 Å². The Labute approximate surface area is 298 Å². The smallest absolute Gasteiger partial charge is 0.306 e. The van der Waals surface area contributed by atoms with E-state index in [0.29, 0.717) is 19.3 Å². The summed E-state index contributed by atoms with van der Waals surface area (Å²) in [5.74, 6) is 0.670. The molecule has 0 aromatic carbocycles. The summed E-state index contributed by atoms with van der Waals surface area (Å²) in [5.41, 5.74) is 0. The molecule has 6 nitrogen and oxygen atoms in total. The highest BCUT2D eigenvalue weighted by molar-refractivity contribution is 5.71. The van der Waals surface area contributed by atoms with E-state index in [0.717, 1.165) is 69.6 Å². The molecule has 0 aromatic rings. The molecule has 6 heteroatoms. The number of unbranched alkanes of at least 4 members (excludes halogenated alkanes) is 21. The molecule has 284 valence electrons. The average Bonchev–Trinajstić information content (AvgIpc) is 3.05. The van der Waals surface area contributed by atoms with Gasteiger partial charge in [-0.2, -0.15) is 0 Å². The van der Waals surface area contributed by atoms with Gasteiger partial charge in [-0.15, -0.1) is 0 Å². The van der Waals surface area contributed by atoms with E-state index in [9.17, 15) is 14.4 Å². The Morgan fingerprint density at radius 1 is 0.396 bits per heavy atom. The van der Waals surface area contributed by atoms with E-state index in [1.54, 1.807) is 0 Å². The largest absolute Gasteiger partial charge is 0.462 e. The fourth-order valence-corrected chi connectivity index (χ4v) is 6.05. The second kappa shape index (κ2) is 35.2. The summed E-state index contributed by atoms with van der Waals surface area (Å²) in [7, 11) is 0. The van der Waals surface area contributed by atoms with Gasteiger partial charge in [-0.3, -0.25) is 14.4 Å². The summed E-state index contributed by atoms with van der Waals surface area (Å²) in [4.78, 5) is 37.5. The molecule has 0 spiro atoms. The number of ether oxygens (including phenoxy) is 3. The molecule has 0 amide bonds. The number of hydrogen-bond acceptors (Lipinski definition) is 6. The van der Waals surface area contributed by atoms with Gasteiger partial charge in [0, 0.05) is 19.3 Å². The molecule has 48 heavy (non-hydrogen) atoms. The van der Waals surface area contributed by atoms with Crippen molar-refractivity contribution in [2.45, 2.75) is 227 Å². The van der Waals surface area contributed by atoms with Crippen molar-refractivity contribution in [3.8, 4) is 0 Å². The molecule has 0 saturated heterocycles. The first-order chi connectivity index (χ1) is 23.2. The number of esters is 3. The van der Waals surface area contributed by atoms with Gasteiger partial charge in [0.15, 0.2) is 6.10 Å². The number of carbonyl (C=O) groups excluding carboxylic acids is 3. The summed E-state index contributed by atoms with van der Waals surface area (Å²) in [6, 6.07) is 0. The molecule has 1 atom stereocenters. The van der Waals surface area contributed by atoms with Crippen LogP contribution in [0.5, 0.6) is 0 Å².